The normalized spacial score (nSPS) is 12.7. The molecule has 0 aliphatic rings. The minimum absolute atomic E-state index is 0.426. The summed E-state index contributed by atoms with van der Waals surface area (Å²) in [7, 11) is 0. The minimum Gasteiger partial charge on any atom is -0.460 e. The fourth-order valence-electron chi connectivity index (χ4n) is 2.67. The van der Waals surface area contributed by atoms with E-state index in [-0.39, 0.29) is 0 Å². The molecule has 1 heterocycles. The SMILES string of the molecule is CCCCCC(CC)c1cc2cccc(C(N)=O)c2o1. The van der Waals surface area contributed by atoms with Gasteiger partial charge in [-0.25, -0.2) is 0 Å². The van der Waals surface area contributed by atoms with E-state index in [0.29, 0.717) is 17.1 Å². The van der Waals surface area contributed by atoms with Gasteiger partial charge in [0.05, 0.1) is 5.56 Å². The van der Waals surface area contributed by atoms with Crippen LogP contribution < -0.4 is 5.73 Å². The Kier molecular flexibility index (Phi) is 4.83. The number of unbranched alkanes of at least 4 members (excludes halogenated alkanes) is 2. The molecule has 0 aliphatic heterocycles. The molecule has 2 N–H and O–H groups in total. The van der Waals surface area contributed by atoms with Crippen molar-refractivity contribution >= 4 is 16.9 Å². The molecule has 2 rings (SSSR count). The van der Waals surface area contributed by atoms with Crippen molar-refractivity contribution in [3.05, 3.63) is 35.6 Å². The van der Waals surface area contributed by atoms with Crippen LogP contribution in [0.3, 0.4) is 0 Å². The third kappa shape index (κ3) is 3.03. The van der Waals surface area contributed by atoms with Gasteiger partial charge >= 0.3 is 0 Å². The van der Waals surface area contributed by atoms with Crippen molar-refractivity contribution in [3.63, 3.8) is 0 Å². The van der Waals surface area contributed by atoms with E-state index >= 15 is 0 Å². The van der Waals surface area contributed by atoms with Crippen molar-refractivity contribution in [2.75, 3.05) is 0 Å². The summed E-state index contributed by atoms with van der Waals surface area (Å²) in [6.45, 7) is 4.39. The molecule has 0 saturated carbocycles. The topological polar surface area (TPSA) is 56.2 Å². The number of para-hydroxylation sites is 1. The summed E-state index contributed by atoms with van der Waals surface area (Å²) in [6, 6.07) is 7.59. The summed E-state index contributed by atoms with van der Waals surface area (Å²) < 4.78 is 5.94. The predicted octanol–water partition coefficient (Wildman–Crippen LogP) is 4.61. The summed E-state index contributed by atoms with van der Waals surface area (Å²) in [5, 5.41) is 0.963. The van der Waals surface area contributed by atoms with E-state index in [4.69, 9.17) is 10.2 Å². The molecule has 1 unspecified atom stereocenters. The number of furan rings is 1. The summed E-state index contributed by atoms with van der Waals surface area (Å²) in [6.07, 6.45) is 5.88. The second-order valence-corrected chi connectivity index (χ2v) is 5.34. The van der Waals surface area contributed by atoms with Crippen LogP contribution in [0.5, 0.6) is 0 Å². The Labute approximate surface area is 120 Å². The molecule has 108 valence electrons. The molecular formula is C17H23NO2. The number of primary amides is 1. The molecule has 1 aromatic heterocycles. The van der Waals surface area contributed by atoms with Gasteiger partial charge in [0.15, 0.2) is 0 Å². The van der Waals surface area contributed by atoms with Gasteiger partial charge in [-0.1, -0.05) is 45.2 Å². The molecule has 0 aliphatic carbocycles. The molecule has 0 fully saturated rings. The Morgan fingerprint density at radius 3 is 2.75 bits per heavy atom. The molecule has 1 amide bonds. The van der Waals surface area contributed by atoms with E-state index in [1.54, 1.807) is 6.07 Å². The van der Waals surface area contributed by atoms with Gasteiger partial charge in [0.2, 0.25) is 0 Å². The molecule has 0 radical (unpaired) electrons. The van der Waals surface area contributed by atoms with Gasteiger partial charge < -0.3 is 10.2 Å². The average molecular weight is 273 g/mol. The highest BCUT2D eigenvalue weighted by Crippen LogP contribution is 2.32. The second kappa shape index (κ2) is 6.60. The van der Waals surface area contributed by atoms with Crippen LogP contribution in [0.4, 0.5) is 0 Å². The predicted molar refractivity (Wildman–Crippen MR) is 81.9 cm³/mol. The Morgan fingerprint density at radius 1 is 1.30 bits per heavy atom. The molecule has 0 saturated heterocycles. The fraction of sp³-hybridized carbons (Fsp3) is 0.471. The summed E-state index contributed by atoms with van der Waals surface area (Å²) in [5.74, 6) is 0.970. The first-order valence-electron chi connectivity index (χ1n) is 7.49. The highest BCUT2D eigenvalue weighted by molar-refractivity contribution is 6.04. The van der Waals surface area contributed by atoms with Gasteiger partial charge in [0.25, 0.3) is 5.91 Å². The minimum atomic E-state index is -0.435. The lowest BCUT2D eigenvalue weighted by Crippen LogP contribution is -2.10. The van der Waals surface area contributed by atoms with Gasteiger partial charge in [-0.05, 0) is 25.0 Å². The van der Waals surface area contributed by atoms with Crippen LogP contribution in [0.25, 0.3) is 11.0 Å². The third-order valence-corrected chi connectivity index (χ3v) is 3.88. The van der Waals surface area contributed by atoms with Crippen molar-refractivity contribution in [2.45, 2.75) is 51.9 Å². The second-order valence-electron chi connectivity index (χ2n) is 5.34. The van der Waals surface area contributed by atoms with Crippen LogP contribution in [-0.4, -0.2) is 5.91 Å². The number of fused-ring (bicyclic) bond motifs is 1. The summed E-state index contributed by atoms with van der Waals surface area (Å²) in [5.41, 5.74) is 6.50. The molecule has 1 aromatic carbocycles. The zero-order valence-electron chi connectivity index (χ0n) is 12.3. The van der Waals surface area contributed by atoms with Gasteiger partial charge in [-0.15, -0.1) is 0 Å². The number of carbonyl (C=O) groups excluding carboxylic acids is 1. The standard InChI is InChI=1S/C17H23NO2/c1-3-5-6-8-12(4-2)15-11-13-9-7-10-14(17(18)19)16(13)20-15/h7,9-12H,3-6,8H2,1-2H3,(H2,18,19). The van der Waals surface area contributed by atoms with Gasteiger partial charge in [-0.2, -0.15) is 0 Å². The van der Waals surface area contributed by atoms with Crippen molar-refractivity contribution in [1.82, 2.24) is 0 Å². The van der Waals surface area contributed by atoms with Crippen molar-refractivity contribution in [1.29, 1.82) is 0 Å². The molecule has 0 spiro atoms. The number of hydrogen-bond donors (Lipinski definition) is 1. The van der Waals surface area contributed by atoms with Crippen LogP contribution in [0.2, 0.25) is 0 Å². The van der Waals surface area contributed by atoms with Crippen molar-refractivity contribution in [2.24, 2.45) is 5.73 Å². The quantitative estimate of drug-likeness (QED) is 0.749. The lowest BCUT2D eigenvalue weighted by Gasteiger charge is -2.11. The molecular weight excluding hydrogens is 250 g/mol. The number of hydrogen-bond acceptors (Lipinski definition) is 2. The first-order valence-corrected chi connectivity index (χ1v) is 7.49. The molecule has 3 heteroatoms. The monoisotopic (exact) mass is 273 g/mol. The highest BCUT2D eigenvalue weighted by atomic mass is 16.3. The third-order valence-electron chi connectivity index (χ3n) is 3.88. The van der Waals surface area contributed by atoms with Crippen molar-refractivity contribution < 1.29 is 9.21 Å². The van der Waals surface area contributed by atoms with E-state index in [1.807, 2.05) is 12.1 Å². The maximum absolute atomic E-state index is 11.4. The highest BCUT2D eigenvalue weighted by Gasteiger charge is 2.17. The van der Waals surface area contributed by atoms with Crippen LogP contribution in [0.15, 0.2) is 28.7 Å². The Hall–Kier alpha value is -1.77. The average Bonchev–Trinajstić information content (AvgIpc) is 2.86. The molecule has 0 bridgehead atoms. The van der Waals surface area contributed by atoms with Crippen LogP contribution in [0.1, 0.15) is 68.0 Å². The van der Waals surface area contributed by atoms with Crippen LogP contribution in [-0.2, 0) is 0 Å². The maximum Gasteiger partial charge on any atom is 0.252 e. The number of carbonyl (C=O) groups is 1. The largest absolute Gasteiger partial charge is 0.460 e. The number of rotatable bonds is 7. The zero-order chi connectivity index (χ0) is 14.5. The molecule has 2 aromatic rings. The smallest absolute Gasteiger partial charge is 0.252 e. The summed E-state index contributed by atoms with van der Waals surface area (Å²) in [4.78, 5) is 11.4. The van der Waals surface area contributed by atoms with Gasteiger partial charge in [-0.3, -0.25) is 4.79 Å². The Balaban J connectivity index is 2.30. The van der Waals surface area contributed by atoms with E-state index in [9.17, 15) is 4.79 Å². The van der Waals surface area contributed by atoms with Crippen LogP contribution in [0, 0.1) is 0 Å². The molecule has 20 heavy (non-hydrogen) atoms. The number of amides is 1. The Morgan fingerprint density at radius 2 is 2.10 bits per heavy atom. The Bertz CT molecular complexity index is 586. The lowest BCUT2D eigenvalue weighted by atomic mass is 9.96. The van der Waals surface area contributed by atoms with Gasteiger partial charge in [0.1, 0.15) is 11.3 Å². The number of benzene rings is 1. The first kappa shape index (κ1) is 14.6. The van der Waals surface area contributed by atoms with E-state index in [2.05, 4.69) is 19.9 Å². The van der Waals surface area contributed by atoms with E-state index in [1.165, 1.54) is 19.3 Å². The van der Waals surface area contributed by atoms with Gasteiger partial charge in [0, 0.05) is 11.3 Å². The zero-order valence-corrected chi connectivity index (χ0v) is 12.3. The van der Waals surface area contributed by atoms with E-state index in [0.717, 1.165) is 24.0 Å². The van der Waals surface area contributed by atoms with Crippen molar-refractivity contribution in [3.8, 4) is 0 Å². The molecule has 3 nitrogen and oxygen atoms in total. The van der Waals surface area contributed by atoms with Crippen LogP contribution >= 0.6 is 0 Å². The first-order chi connectivity index (χ1) is 9.67. The lowest BCUT2D eigenvalue weighted by molar-refractivity contribution is 0.100. The maximum atomic E-state index is 11.4. The van der Waals surface area contributed by atoms with E-state index < -0.39 is 5.91 Å². The fourth-order valence-corrected chi connectivity index (χ4v) is 2.67. The summed E-state index contributed by atoms with van der Waals surface area (Å²) >= 11 is 0. The molecule has 1 atom stereocenters. The number of nitrogens with two attached hydrogens (primary N) is 1.